The molecule has 4 aliphatic rings. The van der Waals surface area contributed by atoms with Gasteiger partial charge in [-0.25, -0.2) is 22.5 Å². The maximum Gasteiger partial charge on any atom is 0.312 e. The fourth-order valence-corrected chi connectivity index (χ4v) is 12.0. The van der Waals surface area contributed by atoms with Gasteiger partial charge in [-0.2, -0.15) is 4.98 Å². The number of pyridine rings is 2. The Labute approximate surface area is 414 Å². The van der Waals surface area contributed by atoms with Crippen LogP contribution in [0.1, 0.15) is 119 Å². The number of hydrogen-bond donors (Lipinski definition) is 4. The molecule has 1 unspecified atom stereocenters. The van der Waals surface area contributed by atoms with E-state index in [0.717, 1.165) is 63.2 Å². The van der Waals surface area contributed by atoms with Crippen LogP contribution in [0, 0.1) is 27.3 Å². The van der Waals surface area contributed by atoms with Crippen molar-refractivity contribution in [3.63, 3.8) is 0 Å². The third kappa shape index (κ3) is 10.8. The number of carbonyl (C=O) groups excluding carboxylic acids is 1. The first kappa shape index (κ1) is 50.1. The number of nitrogens with one attached hydrogen (secondary N) is 3. The van der Waals surface area contributed by atoms with Gasteiger partial charge >= 0.3 is 5.69 Å². The number of aromatic amines is 1. The summed E-state index contributed by atoms with van der Waals surface area (Å²) in [5.41, 5.74) is 2.54. The number of likely N-dealkylation sites (tertiary alicyclic amines) is 1. The van der Waals surface area contributed by atoms with Gasteiger partial charge in [-0.3, -0.25) is 19.8 Å². The summed E-state index contributed by atoms with van der Waals surface area (Å²) in [5, 5.41) is 25.6. The number of H-pyrrole nitrogens is 1. The van der Waals surface area contributed by atoms with E-state index in [1.165, 1.54) is 49.6 Å². The highest BCUT2D eigenvalue weighted by atomic mass is 32.2. The van der Waals surface area contributed by atoms with E-state index in [9.17, 15) is 28.4 Å². The lowest BCUT2D eigenvalue weighted by Gasteiger charge is -2.57. The van der Waals surface area contributed by atoms with E-state index in [2.05, 4.69) is 72.9 Å². The number of sulfonamides is 1. The Kier molecular flexibility index (Phi) is 14.3. The Morgan fingerprint density at radius 1 is 1.03 bits per heavy atom. The van der Waals surface area contributed by atoms with E-state index in [1.54, 1.807) is 26.0 Å². The third-order valence-electron chi connectivity index (χ3n) is 15.4. The van der Waals surface area contributed by atoms with Gasteiger partial charge in [0.15, 0.2) is 5.75 Å². The molecule has 9 rings (SSSR count). The first-order chi connectivity index (χ1) is 33.9. The largest absolute Gasteiger partial charge is 0.472 e. The van der Waals surface area contributed by atoms with Crippen LogP contribution in [0.15, 0.2) is 71.9 Å². The van der Waals surface area contributed by atoms with Crippen LogP contribution in [0.25, 0.3) is 11.0 Å². The van der Waals surface area contributed by atoms with Gasteiger partial charge in [0, 0.05) is 76.0 Å². The van der Waals surface area contributed by atoms with E-state index in [-0.39, 0.29) is 63.8 Å². The molecule has 2 saturated carbocycles. The minimum Gasteiger partial charge on any atom is -0.472 e. The van der Waals surface area contributed by atoms with Gasteiger partial charge in [0.1, 0.15) is 28.7 Å². The van der Waals surface area contributed by atoms with Crippen LogP contribution in [-0.2, 0) is 14.8 Å². The number of carbonyl (C=O) groups is 1. The van der Waals surface area contributed by atoms with Crippen molar-refractivity contribution in [2.24, 2.45) is 11.3 Å². The van der Waals surface area contributed by atoms with Gasteiger partial charge in [0.2, 0.25) is 5.82 Å². The predicted octanol–water partition coefficient (Wildman–Crippen LogP) is 9.04. The summed E-state index contributed by atoms with van der Waals surface area (Å²) in [6.07, 6.45) is 9.92. The van der Waals surface area contributed by atoms with E-state index in [4.69, 9.17) is 14.2 Å². The third-order valence-corrected chi connectivity index (χ3v) is 16.7. The van der Waals surface area contributed by atoms with Crippen molar-refractivity contribution in [3.05, 3.63) is 99.6 Å². The zero-order chi connectivity index (χ0) is 50.2. The first-order valence-corrected chi connectivity index (χ1v) is 26.3. The molecule has 2 saturated heterocycles. The number of anilines is 2. The quantitative estimate of drug-likeness (QED) is 0.0506. The van der Waals surface area contributed by atoms with Crippen molar-refractivity contribution in [2.75, 3.05) is 56.7 Å². The number of amides is 1. The Morgan fingerprint density at radius 2 is 1.77 bits per heavy atom. The number of halogens is 1. The van der Waals surface area contributed by atoms with Crippen molar-refractivity contribution in [2.45, 2.75) is 120 Å². The molecular formula is C52H65FN8O9S. The number of rotatable bonds is 17. The monoisotopic (exact) mass is 996 g/mol. The molecule has 2 aliphatic heterocycles. The number of fused-ring (bicyclic) bond motifs is 1. The Bertz CT molecular complexity index is 2870. The summed E-state index contributed by atoms with van der Waals surface area (Å²) in [6, 6.07) is 16.6. The highest BCUT2D eigenvalue weighted by Crippen LogP contribution is 2.49. The summed E-state index contributed by atoms with van der Waals surface area (Å²) >= 11 is 0. The zero-order valence-electron chi connectivity index (χ0n) is 41.1. The highest BCUT2D eigenvalue weighted by Gasteiger charge is 2.49. The predicted molar refractivity (Wildman–Crippen MR) is 268 cm³/mol. The second-order valence-electron chi connectivity index (χ2n) is 20.8. The molecule has 2 aliphatic carbocycles. The molecule has 380 valence electrons. The molecule has 5 heterocycles. The number of methoxy groups -OCH3 is 1. The van der Waals surface area contributed by atoms with Gasteiger partial charge < -0.3 is 34.5 Å². The van der Waals surface area contributed by atoms with Crippen molar-refractivity contribution in [1.82, 2.24) is 24.6 Å². The second kappa shape index (κ2) is 20.3. The Morgan fingerprint density at radius 3 is 2.49 bits per heavy atom. The van der Waals surface area contributed by atoms with E-state index >= 15 is 4.39 Å². The zero-order valence-corrected chi connectivity index (χ0v) is 41.9. The minimum absolute atomic E-state index is 0.0262. The maximum absolute atomic E-state index is 15.0. The molecule has 5 aromatic rings. The van der Waals surface area contributed by atoms with Gasteiger partial charge in [0.05, 0.1) is 33.8 Å². The van der Waals surface area contributed by atoms with Crippen LogP contribution in [0.4, 0.5) is 21.6 Å². The van der Waals surface area contributed by atoms with Crippen molar-refractivity contribution in [3.8, 4) is 17.4 Å². The Hall–Kier alpha value is -5.89. The molecule has 1 spiro atoms. The van der Waals surface area contributed by atoms with Gasteiger partial charge in [0.25, 0.3) is 21.8 Å². The molecule has 17 nitrogen and oxygen atoms in total. The smallest absolute Gasteiger partial charge is 0.312 e. The number of benzene rings is 2. The number of ether oxygens (including phenoxy) is 3. The van der Waals surface area contributed by atoms with Crippen LogP contribution in [0.2, 0.25) is 0 Å². The number of aromatic nitrogens is 3. The minimum atomic E-state index is -4.75. The number of nitro groups is 1. The van der Waals surface area contributed by atoms with Gasteiger partial charge in [-0.05, 0) is 112 Å². The van der Waals surface area contributed by atoms with Crippen LogP contribution in [0.3, 0.4) is 0 Å². The molecule has 71 heavy (non-hydrogen) atoms. The van der Waals surface area contributed by atoms with Crippen LogP contribution < -0.4 is 24.4 Å². The molecule has 0 radical (unpaired) electrons. The Balaban J connectivity index is 0.951. The molecule has 0 bridgehead atoms. The molecule has 4 N–H and O–H groups in total. The van der Waals surface area contributed by atoms with Crippen LogP contribution in [-0.4, -0.2) is 108 Å². The molecule has 4 fully saturated rings. The molecule has 1 amide bonds. The summed E-state index contributed by atoms with van der Waals surface area (Å²) in [5.74, 6) is -0.793. The maximum atomic E-state index is 15.0. The van der Waals surface area contributed by atoms with Crippen LogP contribution in [0.5, 0.6) is 17.4 Å². The summed E-state index contributed by atoms with van der Waals surface area (Å²) in [4.78, 5) is 41.4. The summed E-state index contributed by atoms with van der Waals surface area (Å²) in [6.45, 7) is 12.1. The lowest BCUT2D eigenvalue weighted by Crippen LogP contribution is -2.63. The average Bonchev–Trinajstić information content (AvgIpc) is 3.97. The molecule has 2 aromatic carbocycles. The number of aliphatic hydroxyl groups is 1. The summed E-state index contributed by atoms with van der Waals surface area (Å²) < 4.78 is 62.7. The first-order valence-electron chi connectivity index (χ1n) is 24.8. The fraction of sp³-hybridized carbons (Fsp3) is 0.519. The number of piperidine rings is 1. The number of nitrogens with zero attached hydrogens (tertiary/aromatic N) is 5. The van der Waals surface area contributed by atoms with Gasteiger partial charge in [-0.1, -0.05) is 44.5 Å². The summed E-state index contributed by atoms with van der Waals surface area (Å²) in [7, 11) is -3.22. The molecule has 3 aromatic heterocycles. The van der Waals surface area contributed by atoms with E-state index in [1.807, 2.05) is 0 Å². The molecular weight excluding hydrogens is 932 g/mol. The molecule has 3 atom stereocenters. The second-order valence-corrected chi connectivity index (χ2v) is 22.5. The van der Waals surface area contributed by atoms with Crippen molar-refractivity contribution < 1.29 is 41.8 Å². The van der Waals surface area contributed by atoms with E-state index in [0.29, 0.717) is 50.1 Å². The van der Waals surface area contributed by atoms with Crippen molar-refractivity contribution in [1.29, 1.82) is 0 Å². The fourth-order valence-electron chi connectivity index (χ4n) is 11.1. The normalized spacial score (nSPS) is 22.9. The topological polar surface area (TPSA) is 214 Å². The lowest BCUT2D eigenvalue weighted by atomic mass is 9.70. The lowest BCUT2D eigenvalue weighted by molar-refractivity contribution is -0.384. The number of hydrogen-bond acceptors (Lipinski definition) is 14. The van der Waals surface area contributed by atoms with Crippen molar-refractivity contribution >= 4 is 44.2 Å². The molecule has 19 heteroatoms. The highest BCUT2D eigenvalue weighted by molar-refractivity contribution is 7.90. The van der Waals surface area contributed by atoms with Crippen LogP contribution >= 0.6 is 0 Å². The standard InChI is InChI=1S/C52H65FN8O9S/c1-32(2)37-9-6-7-10-38(37)39-11-8-12-43(39)60-30-52(31-60)19-21-59(22-20-52)35-13-14-40(45(23-35)70-46-25-41-42(53)28-56-47(41)57-50(46)69-29-33(3)68-5)49(62)58-71(66,67)36-24-44(61(64)65)48(55-27-36)54-26-34-15-17-51(4,63)18-16-34/h6-7,9-10,13-14,23-25,27-28,32-34,39,43,63H,8,11-12,15-22,26,29-31H2,1-5H3,(H,54,55)(H,56,57)(H,58,62)/t33?,34-,39-,43-,51-/m0/s1. The van der Waals surface area contributed by atoms with E-state index < -0.39 is 42.9 Å². The average molecular weight is 997 g/mol. The SMILES string of the molecule is COC(C)COc1nc2[nH]cc(F)c2cc1Oc1cc(N2CCC3(CC2)CN([C@H]2CCC[C@H]2c2ccccc2C(C)C)C3)ccc1C(=O)NS(=O)(=O)c1cnc(NC[C@H]2CC[C@](C)(O)CC2)c([N+](=O)[O-])c1. The van der Waals surface area contributed by atoms with Gasteiger partial charge in [-0.15, -0.1) is 0 Å².